The minimum Gasteiger partial charge on any atom is -0.478 e. The van der Waals surface area contributed by atoms with Crippen molar-refractivity contribution in [3.05, 3.63) is 42.1 Å². The van der Waals surface area contributed by atoms with Crippen LogP contribution in [0.1, 0.15) is 18.9 Å². The van der Waals surface area contributed by atoms with Gasteiger partial charge in [0.1, 0.15) is 0 Å². The Bertz CT molecular complexity index is 542. The largest absolute Gasteiger partial charge is 0.478 e. The number of aromatic nitrogens is 2. The minimum atomic E-state index is 0.542. The molecule has 5 nitrogen and oxygen atoms in total. The second-order valence-electron chi connectivity index (χ2n) is 4.47. The zero-order valence-electron chi connectivity index (χ0n) is 11.9. The molecule has 2 rings (SSSR count). The summed E-state index contributed by atoms with van der Waals surface area (Å²) in [6.45, 7) is 3.26. The summed E-state index contributed by atoms with van der Waals surface area (Å²) >= 11 is 0. The number of nitrogens with zero attached hydrogens (tertiary/aromatic N) is 3. The molecule has 1 heterocycles. The SMILES string of the molecule is CCCOc1ccnc(N(C)c2ccc(CN)cc2)n1. The first kappa shape index (κ1) is 14.3. The highest BCUT2D eigenvalue weighted by Crippen LogP contribution is 2.21. The topological polar surface area (TPSA) is 64.3 Å². The van der Waals surface area contributed by atoms with Crippen molar-refractivity contribution >= 4 is 11.6 Å². The maximum atomic E-state index is 5.60. The van der Waals surface area contributed by atoms with Crippen molar-refractivity contribution in [2.75, 3.05) is 18.6 Å². The molecular formula is C15H20N4O. The Kier molecular flexibility index (Phi) is 4.90. The number of hydrogen-bond donors (Lipinski definition) is 1. The smallest absolute Gasteiger partial charge is 0.232 e. The van der Waals surface area contributed by atoms with E-state index in [0.29, 0.717) is 25.0 Å². The minimum absolute atomic E-state index is 0.542. The van der Waals surface area contributed by atoms with Crippen molar-refractivity contribution in [2.24, 2.45) is 5.73 Å². The molecule has 0 spiro atoms. The summed E-state index contributed by atoms with van der Waals surface area (Å²) in [6.07, 6.45) is 2.66. The lowest BCUT2D eigenvalue weighted by Gasteiger charge is -2.17. The first-order chi connectivity index (χ1) is 9.74. The van der Waals surface area contributed by atoms with Crippen molar-refractivity contribution in [3.63, 3.8) is 0 Å². The first-order valence-corrected chi connectivity index (χ1v) is 6.73. The molecule has 5 heteroatoms. The van der Waals surface area contributed by atoms with Crippen LogP contribution in [0.4, 0.5) is 11.6 Å². The molecule has 2 aromatic rings. The maximum absolute atomic E-state index is 5.60. The van der Waals surface area contributed by atoms with E-state index >= 15 is 0 Å². The second kappa shape index (κ2) is 6.86. The van der Waals surface area contributed by atoms with Gasteiger partial charge in [0.25, 0.3) is 0 Å². The molecule has 0 atom stereocenters. The van der Waals surface area contributed by atoms with Crippen LogP contribution in [0.2, 0.25) is 0 Å². The van der Waals surface area contributed by atoms with Crippen molar-refractivity contribution in [2.45, 2.75) is 19.9 Å². The van der Waals surface area contributed by atoms with E-state index in [1.165, 1.54) is 0 Å². The van der Waals surface area contributed by atoms with Crippen molar-refractivity contribution in [1.29, 1.82) is 0 Å². The van der Waals surface area contributed by atoms with Crippen molar-refractivity contribution in [3.8, 4) is 5.88 Å². The fourth-order valence-corrected chi connectivity index (χ4v) is 1.75. The van der Waals surface area contributed by atoms with Crippen LogP contribution in [-0.4, -0.2) is 23.6 Å². The van der Waals surface area contributed by atoms with Gasteiger partial charge in [0.2, 0.25) is 11.8 Å². The Balaban J connectivity index is 2.16. The maximum Gasteiger partial charge on any atom is 0.232 e. The summed E-state index contributed by atoms with van der Waals surface area (Å²) in [5.74, 6) is 1.21. The average molecular weight is 272 g/mol. The van der Waals surface area contributed by atoms with Crippen molar-refractivity contribution < 1.29 is 4.74 Å². The van der Waals surface area contributed by atoms with E-state index in [0.717, 1.165) is 17.7 Å². The highest BCUT2D eigenvalue weighted by molar-refractivity contribution is 5.56. The molecule has 0 amide bonds. The first-order valence-electron chi connectivity index (χ1n) is 6.73. The number of benzene rings is 1. The summed E-state index contributed by atoms with van der Waals surface area (Å²) in [5.41, 5.74) is 7.71. The van der Waals surface area contributed by atoms with Gasteiger partial charge in [0.05, 0.1) is 6.61 Å². The summed E-state index contributed by atoms with van der Waals surface area (Å²) < 4.78 is 5.52. The molecule has 0 bridgehead atoms. The lowest BCUT2D eigenvalue weighted by molar-refractivity contribution is 0.305. The quantitative estimate of drug-likeness (QED) is 0.875. The third-order valence-corrected chi connectivity index (χ3v) is 2.93. The molecule has 0 saturated heterocycles. The van der Waals surface area contributed by atoms with Gasteiger partial charge < -0.3 is 15.4 Å². The normalized spacial score (nSPS) is 10.3. The molecule has 0 unspecified atom stereocenters. The van der Waals surface area contributed by atoms with Gasteiger partial charge in [-0.05, 0) is 24.1 Å². The molecule has 106 valence electrons. The van der Waals surface area contributed by atoms with E-state index < -0.39 is 0 Å². The van der Waals surface area contributed by atoms with Gasteiger partial charge in [0, 0.05) is 31.5 Å². The fourth-order valence-electron chi connectivity index (χ4n) is 1.75. The zero-order valence-corrected chi connectivity index (χ0v) is 11.9. The molecule has 0 aliphatic rings. The Morgan fingerprint density at radius 3 is 2.60 bits per heavy atom. The number of anilines is 2. The van der Waals surface area contributed by atoms with Crippen molar-refractivity contribution in [1.82, 2.24) is 9.97 Å². The highest BCUT2D eigenvalue weighted by Gasteiger charge is 2.08. The Morgan fingerprint density at radius 1 is 1.20 bits per heavy atom. The Morgan fingerprint density at radius 2 is 1.95 bits per heavy atom. The van der Waals surface area contributed by atoms with E-state index in [1.54, 1.807) is 12.3 Å². The third kappa shape index (κ3) is 3.45. The lowest BCUT2D eigenvalue weighted by Crippen LogP contribution is -2.13. The summed E-state index contributed by atoms with van der Waals surface area (Å²) in [7, 11) is 1.93. The van der Waals surface area contributed by atoms with E-state index in [4.69, 9.17) is 10.5 Å². The number of ether oxygens (including phenoxy) is 1. The van der Waals surface area contributed by atoms with Gasteiger partial charge in [-0.1, -0.05) is 19.1 Å². The van der Waals surface area contributed by atoms with Gasteiger partial charge in [0.15, 0.2) is 0 Å². The standard InChI is InChI=1S/C15H20N4O/c1-3-10-20-14-8-9-17-15(18-14)19(2)13-6-4-12(11-16)5-7-13/h4-9H,3,10-11,16H2,1-2H3. The zero-order chi connectivity index (χ0) is 14.4. The Hall–Kier alpha value is -2.14. The predicted molar refractivity (Wildman–Crippen MR) is 80.2 cm³/mol. The molecule has 1 aromatic heterocycles. The van der Waals surface area contributed by atoms with E-state index in [-0.39, 0.29) is 0 Å². The monoisotopic (exact) mass is 272 g/mol. The van der Waals surface area contributed by atoms with Gasteiger partial charge in [-0.3, -0.25) is 0 Å². The average Bonchev–Trinajstić information content (AvgIpc) is 2.52. The number of rotatable bonds is 6. The molecule has 0 saturated carbocycles. The van der Waals surface area contributed by atoms with Crippen LogP contribution in [-0.2, 0) is 6.54 Å². The molecular weight excluding hydrogens is 252 g/mol. The second-order valence-corrected chi connectivity index (χ2v) is 4.47. The predicted octanol–water partition coefficient (Wildman–Crippen LogP) is 2.49. The van der Waals surface area contributed by atoms with Crippen LogP contribution in [0, 0.1) is 0 Å². The molecule has 0 fully saturated rings. The molecule has 1 aromatic carbocycles. The van der Waals surface area contributed by atoms with Crippen LogP contribution in [0.3, 0.4) is 0 Å². The third-order valence-electron chi connectivity index (χ3n) is 2.93. The van der Waals surface area contributed by atoms with Gasteiger partial charge >= 0.3 is 0 Å². The van der Waals surface area contributed by atoms with Gasteiger partial charge in [-0.25, -0.2) is 4.98 Å². The van der Waals surface area contributed by atoms with E-state index in [2.05, 4.69) is 16.9 Å². The fraction of sp³-hybridized carbons (Fsp3) is 0.333. The number of nitrogens with two attached hydrogens (primary N) is 1. The van der Waals surface area contributed by atoms with Crippen LogP contribution >= 0.6 is 0 Å². The molecule has 2 N–H and O–H groups in total. The van der Waals surface area contributed by atoms with E-state index in [1.807, 2.05) is 36.2 Å². The molecule has 0 aliphatic heterocycles. The van der Waals surface area contributed by atoms with Crippen LogP contribution in [0.15, 0.2) is 36.5 Å². The van der Waals surface area contributed by atoms with Gasteiger partial charge in [-0.15, -0.1) is 0 Å². The molecule has 0 aliphatic carbocycles. The summed E-state index contributed by atoms with van der Waals surface area (Å²) in [5, 5.41) is 0. The highest BCUT2D eigenvalue weighted by atomic mass is 16.5. The van der Waals surface area contributed by atoms with Crippen LogP contribution in [0.5, 0.6) is 5.88 Å². The van der Waals surface area contributed by atoms with E-state index in [9.17, 15) is 0 Å². The van der Waals surface area contributed by atoms with Crippen LogP contribution in [0.25, 0.3) is 0 Å². The Labute approximate surface area is 119 Å². The van der Waals surface area contributed by atoms with Crippen LogP contribution < -0.4 is 15.4 Å². The lowest BCUT2D eigenvalue weighted by atomic mass is 10.2. The molecule has 20 heavy (non-hydrogen) atoms. The summed E-state index contributed by atoms with van der Waals surface area (Å²) in [6, 6.07) is 9.79. The van der Waals surface area contributed by atoms with Gasteiger partial charge in [-0.2, -0.15) is 4.98 Å². The summed E-state index contributed by atoms with van der Waals surface area (Å²) in [4.78, 5) is 10.6. The number of hydrogen-bond acceptors (Lipinski definition) is 5. The molecule has 0 radical (unpaired) electrons.